The molecule has 1 saturated heterocycles. The number of anilines is 1. The van der Waals surface area contributed by atoms with Crippen LogP contribution in [0.5, 0.6) is 0 Å². The number of rotatable bonds is 5. The Morgan fingerprint density at radius 3 is 2.69 bits per heavy atom. The number of nitrogens with zero attached hydrogens (tertiary/aromatic N) is 4. The SMILES string of the molecule is O=C(O)C1CN(C(=O)OCc2ccccc2)CCN1c1ncc(Br)cc1[N+](=O)[O-]. The largest absolute Gasteiger partial charge is 0.480 e. The molecular weight excluding hydrogens is 448 g/mol. The molecule has 1 N–H and O–H groups in total. The van der Waals surface area contributed by atoms with Gasteiger partial charge in [-0.1, -0.05) is 30.3 Å². The molecule has 10 nitrogen and oxygen atoms in total. The standard InChI is InChI=1S/C18H17BrN4O6/c19-13-8-14(23(27)28)16(20-9-13)22-7-6-21(10-15(22)17(24)25)18(26)29-11-12-4-2-1-3-5-12/h1-5,8-9,15H,6-7,10-11H2,(H,24,25). The van der Waals surface area contributed by atoms with Gasteiger partial charge >= 0.3 is 17.7 Å². The molecule has 152 valence electrons. The zero-order chi connectivity index (χ0) is 21.0. The highest BCUT2D eigenvalue weighted by molar-refractivity contribution is 9.10. The van der Waals surface area contributed by atoms with Gasteiger partial charge in [-0.05, 0) is 21.5 Å². The summed E-state index contributed by atoms with van der Waals surface area (Å²) in [6, 6.07) is 9.17. The average molecular weight is 465 g/mol. The molecule has 11 heteroatoms. The summed E-state index contributed by atoms with van der Waals surface area (Å²) < 4.78 is 5.67. The first-order chi connectivity index (χ1) is 13.9. The van der Waals surface area contributed by atoms with E-state index in [2.05, 4.69) is 20.9 Å². The van der Waals surface area contributed by atoms with E-state index in [1.165, 1.54) is 22.1 Å². The number of piperazine rings is 1. The number of nitro groups is 1. The predicted molar refractivity (Wildman–Crippen MR) is 106 cm³/mol. The highest BCUT2D eigenvalue weighted by atomic mass is 79.9. The Morgan fingerprint density at radius 1 is 1.31 bits per heavy atom. The van der Waals surface area contributed by atoms with Crippen LogP contribution in [-0.2, 0) is 16.1 Å². The second-order valence-electron chi connectivity index (χ2n) is 6.29. The van der Waals surface area contributed by atoms with Gasteiger partial charge in [-0.2, -0.15) is 0 Å². The number of amides is 1. The number of aliphatic carboxylic acids is 1. The molecule has 1 fully saturated rings. The molecule has 1 aliphatic heterocycles. The third-order valence-electron chi connectivity index (χ3n) is 4.41. The molecule has 29 heavy (non-hydrogen) atoms. The number of carboxylic acids is 1. The quantitative estimate of drug-likeness (QED) is 0.528. The Balaban J connectivity index is 1.74. The monoisotopic (exact) mass is 464 g/mol. The lowest BCUT2D eigenvalue weighted by molar-refractivity contribution is -0.384. The maximum atomic E-state index is 12.4. The van der Waals surface area contributed by atoms with Crippen LogP contribution in [0.1, 0.15) is 5.56 Å². The molecule has 2 aromatic rings. The molecule has 1 aromatic carbocycles. The van der Waals surface area contributed by atoms with E-state index in [4.69, 9.17) is 4.74 Å². The number of pyridine rings is 1. The maximum Gasteiger partial charge on any atom is 0.410 e. The maximum absolute atomic E-state index is 12.4. The van der Waals surface area contributed by atoms with Crippen molar-refractivity contribution in [3.63, 3.8) is 0 Å². The van der Waals surface area contributed by atoms with E-state index in [9.17, 15) is 24.8 Å². The fourth-order valence-electron chi connectivity index (χ4n) is 3.00. The average Bonchev–Trinajstić information content (AvgIpc) is 2.72. The van der Waals surface area contributed by atoms with Crippen molar-refractivity contribution in [3.05, 3.63) is 62.7 Å². The molecule has 0 bridgehead atoms. The molecule has 1 aromatic heterocycles. The van der Waals surface area contributed by atoms with E-state index >= 15 is 0 Å². The summed E-state index contributed by atoms with van der Waals surface area (Å²) in [6.45, 7) is 0.0917. The lowest BCUT2D eigenvalue weighted by atomic mass is 10.1. The van der Waals surface area contributed by atoms with Crippen LogP contribution in [0, 0.1) is 10.1 Å². The Hall–Kier alpha value is -3.21. The highest BCUT2D eigenvalue weighted by Crippen LogP contribution is 2.31. The first-order valence-electron chi connectivity index (χ1n) is 8.62. The third-order valence-corrected chi connectivity index (χ3v) is 4.85. The summed E-state index contributed by atoms with van der Waals surface area (Å²) in [5.74, 6) is -1.27. The number of ether oxygens (including phenoxy) is 1. The van der Waals surface area contributed by atoms with Gasteiger partial charge in [-0.15, -0.1) is 0 Å². The Labute approximate surface area is 174 Å². The number of carbonyl (C=O) groups is 2. The summed E-state index contributed by atoms with van der Waals surface area (Å²) in [4.78, 5) is 41.6. The lowest BCUT2D eigenvalue weighted by Crippen LogP contribution is -2.58. The van der Waals surface area contributed by atoms with Crippen LogP contribution in [0.25, 0.3) is 0 Å². The molecule has 1 aliphatic rings. The highest BCUT2D eigenvalue weighted by Gasteiger charge is 2.38. The zero-order valence-corrected chi connectivity index (χ0v) is 16.7. The minimum absolute atomic E-state index is 0.0529. The van der Waals surface area contributed by atoms with Crippen molar-refractivity contribution in [3.8, 4) is 0 Å². The van der Waals surface area contributed by atoms with E-state index in [0.29, 0.717) is 4.47 Å². The number of carboxylic acid groups (broad SMARTS) is 1. The van der Waals surface area contributed by atoms with Crippen LogP contribution in [0.2, 0.25) is 0 Å². The first kappa shape index (κ1) is 20.5. The van der Waals surface area contributed by atoms with Gasteiger partial charge in [0, 0.05) is 29.8 Å². The topological polar surface area (TPSA) is 126 Å². The summed E-state index contributed by atoms with van der Waals surface area (Å²) in [6.07, 6.45) is 0.722. The van der Waals surface area contributed by atoms with Gasteiger partial charge in [0.05, 0.1) is 11.5 Å². The second-order valence-corrected chi connectivity index (χ2v) is 7.20. The van der Waals surface area contributed by atoms with E-state index in [0.717, 1.165) is 5.56 Å². The fraction of sp³-hybridized carbons (Fsp3) is 0.278. The molecule has 1 atom stereocenters. The molecule has 0 aliphatic carbocycles. The number of benzene rings is 1. The summed E-state index contributed by atoms with van der Waals surface area (Å²) in [5, 5.41) is 21.0. The third kappa shape index (κ3) is 4.80. The number of carbonyl (C=O) groups excluding carboxylic acids is 1. The second kappa shape index (κ2) is 8.86. The smallest absolute Gasteiger partial charge is 0.410 e. The van der Waals surface area contributed by atoms with Crippen LogP contribution in [0.3, 0.4) is 0 Å². The molecular formula is C18H17BrN4O6. The van der Waals surface area contributed by atoms with Crippen LogP contribution in [0.15, 0.2) is 47.1 Å². The van der Waals surface area contributed by atoms with Crippen molar-refractivity contribution in [1.82, 2.24) is 9.88 Å². The molecule has 1 amide bonds. The summed E-state index contributed by atoms with van der Waals surface area (Å²) in [7, 11) is 0. The minimum atomic E-state index is -1.22. The Kier molecular flexibility index (Phi) is 6.27. The summed E-state index contributed by atoms with van der Waals surface area (Å²) >= 11 is 3.13. The van der Waals surface area contributed by atoms with Crippen LogP contribution >= 0.6 is 15.9 Å². The number of halogens is 1. The van der Waals surface area contributed by atoms with Gasteiger partial charge in [0.15, 0.2) is 0 Å². The van der Waals surface area contributed by atoms with E-state index in [1.807, 2.05) is 30.3 Å². The normalized spacial score (nSPS) is 16.4. The van der Waals surface area contributed by atoms with Crippen LogP contribution < -0.4 is 4.90 Å². The Bertz CT molecular complexity index is 926. The minimum Gasteiger partial charge on any atom is -0.480 e. The van der Waals surface area contributed by atoms with Gasteiger partial charge in [0.1, 0.15) is 12.6 Å². The van der Waals surface area contributed by atoms with Crippen molar-refractivity contribution in [2.45, 2.75) is 12.6 Å². The fourth-order valence-corrected chi connectivity index (χ4v) is 3.32. The predicted octanol–water partition coefficient (Wildman–Crippen LogP) is 2.66. The van der Waals surface area contributed by atoms with Gasteiger partial charge in [0.2, 0.25) is 5.82 Å². The number of aromatic nitrogens is 1. The van der Waals surface area contributed by atoms with Crippen LogP contribution in [0.4, 0.5) is 16.3 Å². The van der Waals surface area contributed by atoms with Gasteiger partial charge in [-0.25, -0.2) is 14.6 Å². The molecule has 1 unspecified atom stereocenters. The van der Waals surface area contributed by atoms with E-state index in [1.54, 1.807) is 0 Å². The van der Waals surface area contributed by atoms with Gasteiger partial charge in [-0.3, -0.25) is 10.1 Å². The van der Waals surface area contributed by atoms with E-state index < -0.39 is 23.0 Å². The molecule has 0 radical (unpaired) electrons. The first-order valence-corrected chi connectivity index (χ1v) is 9.41. The lowest BCUT2D eigenvalue weighted by Gasteiger charge is -2.39. The van der Waals surface area contributed by atoms with Crippen molar-refractivity contribution in [2.75, 3.05) is 24.5 Å². The molecule has 0 spiro atoms. The summed E-state index contributed by atoms with van der Waals surface area (Å²) in [5.41, 5.74) is 0.495. The number of hydrogen-bond acceptors (Lipinski definition) is 7. The van der Waals surface area contributed by atoms with Crippen molar-refractivity contribution >= 4 is 39.5 Å². The zero-order valence-electron chi connectivity index (χ0n) is 15.1. The molecule has 3 rings (SSSR count). The van der Waals surface area contributed by atoms with Gasteiger partial charge in [0.25, 0.3) is 0 Å². The Morgan fingerprint density at radius 2 is 2.03 bits per heavy atom. The molecule has 0 saturated carbocycles. The van der Waals surface area contributed by atoms with E-state index in [-0.39, 0.29) is 37.7 Å². The molecule has 2 heterocycles. The van der Waals surface area contributed by atoms with Gasteiger partial charge < -0.3 is 19.6 Å². The van der Waals surface area contributed by atoms with Crippen molar-refractivity contribution in [2.24, 2.45) is 0 Å². The van der Waals surface area contributed by atoms with Crippen molar-refractivity contribution in [1.29, 1.82) is 0 Å². The van der Waals surface area contributed by atoms with Crippen molar-refractivity contribution < 1.29 is 24.4 Å². The number of hydrogen-bond donors (Lipinski definition) is 1. The van der Waals surface area contributed by atoms with Crippen LogP contribution in [-0.4, -0.2) is 57.7 Å².